The molecule has 1 aromatic carbocycles. The van der Waals surface area contributed by atoms with Gasteiger partial charge in [-0.3, -0.25) is 14.4 Å². The van der Waals surface area contributed by atoms with Crippen molar-refractivity contribution in [2.45, 2.75) is 60.5 Å². The van der Waals surface area contributed by atoms with Crippen LogP contribution >= 0.6 is 39.3 Å². The lowest BCUT2D eigenvalue weighted by Crippen LogP contribution is -2.59. The van der Waals surface area contributed by atoms with Crippen LogP contribution in [0, 0.1) is 24.7 Å². The highest BCUT2D eigenvalue weighted by Gasteiger charge is 2.77. The number of anilines is 1. The van der Waals surface area contributed by atoms with Gasteiger partial charge in [0, 0.05) is 16.6 Å². The molecule has 3 fully saturated rings. The van der Waals surface area contributed by atoms with Crippen molar-refractivity contribution in [1.29, 1.82) is 0 Å². The molecule has 0 aliphatic carbocycles. The van der Waals surface area contributed by atoms with E-state index in [0.717, 1.165) is 5.56 Å². The first-order valence-electron chi connectivity index (χ1n) is 13.3. The van der Waals surface area contributed by atoms with E-state index < -0.39 is 34.6 Å². The van der Waals surface area contributed by atoms with Gasteiger partial charge in [-0.05, 0) is 30.9 Å². The van der Waals surface area contributed by atoms with E-state index in [-0.39, 0.29) is 47.6 Å². The van der Waals surface area contributed by atoms with Crippen LogP contribution in [0.2, 0.25) is 5.02 Å². The molecule has 2 amide bonds. The number of benzene rings is 1. The molecular formula is C29H36BrClN2O5S. The van der Waals surface area contributed by atoms with Crippen LogP contribution in [0.4, 0.5) is 5.69 Å². The van der Waals surface area contributed by atoms with E-state index in [1.807, 2.05) is 32.9 Å². The van der Waals surface area contributed by atoms with Gasteiger partial charge >= 0.3 is 5.97 Å². The Morgan fingerprint density at radius 2 is 2.10 bits per heavy atom. The molecule has 10 heteroatoms. The lowest BCUT2D eigenvalue weighted by molar-refractivity contribution is -0.153. The Balaban J connectivity index is 1.89. The largest absolute Gasteiger partial charge is 0.461 e. The lowest BCUT2D eigenvalue weighted by atomic mass is 9.71. The first kappa shape index (κ1) is 30.2. The molecule has 3 unspecified atom stereocenters. The summed E-state index contributed by atoms with van der Waals surface area (Å²) in [5.41, 5.74) is 1.38. The van der Waals surface area contributed by atoms with Gasteiger partial charge in [0.25, 0.3) is 5.91 Å². The molecule has 4 rings (SSSR count). The summed E-state index contributed by atoms with van der Waals surface area (Å²) in [5.74, 6) is -2.57. The molecule has 8 atom stereocenters. The fraction of sp³-hybridized carbons (Fsp3) is 0.552. The number of aliphatic hydroxyl groups is 1. The molecule has 3 aliphatic rings. The minimum absolute atomic E-state index is 0.0463. The summed E-state index contributed by atoms with van der Waals surface area (Å²) in [6.07, 6.45) is 4.36. The van der Waals surface area contributed by atoms with Crippen molar-refractivity contribution in [1.82, 2.24) is 4.90 Å². The quantitative estimate of drug-likeness (QED) is 0.213. The second-order valence-electron chi connectivity index (χ2n) is 10.6. The molecule has 1 aromatic rings. The van der Waals surface area contributed by atoms with E-state index in [9.17, 15) is 19.5 Å². The van der Waals surface area contributed by atoms with Gasteiger partial charge in [0.05, 0.1) is 39.9 Å². The van der Waals surface area contributed by atoms with Crippen molar-refractivity contribution in [3.8, 4) is 0 Å². The number of amides is 2. The smallest absolute Gasteiger partial charge is 0.311 e. The van der Waals surface area contributed by atoms with E-state index in [4.69, 9.17) is 16.3 Å². The fourth-order valence-electron chi connectivity index (χ4n) is 6.56. The number of aryl methyl sites for hydroxylation is 1. The standard InChI is InChI=1S/C29H36BrClN2O5S/c1-6-12-32(23-17(5)10-9-11-19(23)31)27(36)25-29-14-18(30)24(39-29)21(28(37)38-13-7-2)22(29)26(35)33(25)20(15-34)16(4)8-3/h6-7,9-11,16,18,20-22,24-25,34H,1-2,8,12-15H2,3-5H3/t16-,18?,20-,21+,22-,24+,25?,29?/m0/s1. The Bertz CT molecular complexity index is 1150. The SMILES string of the molecule is C=CCOC(=O)[C@H]1[C@@H]2SC3(CC2Br)C(C(=O)N(CC=C)c2c(C)cccc2Cl)N([C@@H](CO)[C@@H](C)CC)C(=O)[C@H]13. The average molecular weight is 640 g/mol. The minimum Gasteiger partial charge on any atom is -0.461 e. The third kappa shape index (κ3) is 4.87. The molecule has 0 radical (unpaired) electrons. The number of hydrogen-bond donors (Lipinski definition) is 1. The van der Waals surface area contributed by atoms with Crippen LogP contribution in [0.25, 0.3) is 0 Å². The predicted molar refractivity (Wildman–Crippen MR) is 159 cm³/mol. The first-order valence-corrected chi connectivity index (χ1v) is 15.5. The number of nitrogens with zero attached hydrogens (tertiary/aromatic N) is 2. The highest BCUT2D eigenvalue weighted by Crippen LogP contribution is 2.68. The van der Waals surface area contributed by atoms with Gasteiger partial charge in [0.2, 0.25) is 5.91 Å². The molecule has 7 nitrogen and oxygen atoms in total. The van der Waals surface area contributed by atoms with E-state index >= 15 is 0 Å². The molecule has 3 saturated heterocycles. The Hall–Kier alpha value is -1.81. The van der Waals surface area contributed by atoms with Crippen LogP contribution in [-0.2, 0) is 19.1 Å². The number of ether oxygens (including phenoxy) is 1. The van der Waals surface area contributed by atoms with Gasteiger partial charge in [-0.15, -0.1) is 18.3 Å². The zero-order valence-electron chi connectivity index (χ0n) is 22.5. The molecule has 2 bridgehead atoms. The van der Waals surface area contributed by atoms with Gasteiger partial charge in [0.15, 0.2) is 0 Å². The monoisotopic (exact) mass is 638 g/mol. The summed E-state index contributed by atoms with van der Waals surface area (Å²) in [5, 5.41) is 10.7. The van der Waals surface area contributed by atoms with Crippen molar-refractivity contribution in [2.75, 3.05) is 24.7 Å². The number of carbonyl (C=O) groups is 3. The molecule has 39 heavy (non-hydrogen) atoms. The van der Waals surface area contributed by atoms with Crippen LogP contribution in [0.3, 0.4) is 0 Å². The van der Waals surface area contributed by atoms with Crippen LogP contribution < -0.4 is 4.90 Å². The Morgan fingerprint density at radius 3 is 2.69 bits per heavy atom. The van der Waals surface area contributed by atoms with E-state index in [1.54, 1.807) is 21.9 Å². The lowest BCUT2D eigenvalue weighted by Gasteiger charge is -2.41. The Labute approximate surface area is 248 Å². The van der Waals surface area contributed by atoms with Gasteiger partial charge in [-0.25, -0.2) is 0 Å². The second-order valence-corrected chi connectivity index (χ2v) is 13.7. The predicted octanol–water partition coefficient (Wildman–Crippen LogP) is 4.77. The van der Waals surface area contributed by atoms with E-state index in [0.29, 0.717) is 23.6 Å². The first-order chi connectivity index (χ1) is 18.6. The minimum atomic E-state index is -0.913. The number of fused-ring (bicyclic) bond motifs is 1. The molecule has 1 spiro atoms. The van der Waals surface area contributed by atoms with Gasteiger partial charge in [-0.1, -0.05) is 78.7 Å². The zero-order chi connectivity index (χ0) is 28.6. The van der Waals surface area contributed by atoms with Crippen LogP contribution in [0.5, 0.6) is 0 Å². The molecule has 0 aromatic heterocycles. The molecule has 212 valence electrons. The maximum absolute atomic E-state index is 14.8. The summed E-state index contributed by atoms with van der Waals surface area (Å²) in [6, 6.07) is 3.94. The number of thioether (sulfide) groups is 1. The fourth-order valence-corrected chi connectivity index (χ4v) is 10.5. The number of rotatable bonds is 11. The van der Waals surface area contributed by atoms with Crippen molar-refractivity contribution in [2.24, 2.45) is 17.8 Å². The number of hydrogen-bond acceptors (Lipinski definition) is 6. The molecule has 3 aliphatic heterocycles. The van der Waals surface area contributed by atoms with Crippen LogP contribution in [0.15, 0.2) is 43.5 Å². The van der Waals surface area contributed by atoms with Gasteiger partial charge in [0.1, 0.15) is 12.6 Å². The summed E-state index contributed by atoms with van der Waals surface area (Å²) < 4.78 is 4.59. The number of halogens is 2. The Morgan fingerprint density at radius 1 is 1.38 bits per heavy atom. The highest BCUT2D eigenvalue weighted by atomic mass is 79.9. The van der Waals surface area contributed by atoms with Gasteiger partial charge in [-0.2, -0.15) is 0 Å². The van der Waals surface area contributed by atoms with Crippen LogP contribution in [-0.4, -0.2) is 74.5 Å². The van der Waals surface area contributed by atoms with Crippen molar-refractivity contribution in [3.63, 3.8) is 0 Å². The maximum atomic E-state index is 14.8. The molecule has 0 saturated carbocycles. The number of alkyl halides is 1. The summed E-state index contributed by atoms with van der Waals surface area (Å²) in [4.78, 5) is 45.6. The number of aliphatic hydroxyl groups excluding tert-OH is 1. The second kappa shape index (κ2) is 12.0. The van der Waals surface area contributed by atoms with Gasteiger partial charge < -0.3 is 19.6 Å². The average Bonchev–Trinajstić information content (AvgIpc) is 3.50. The van der Waals surface area contributed by atoms with Crippen molar-refractivity contribution >= 4 is 62.8 Å². The number of esters is 1. The maximum Gasteiger partial charge on any atom is 0.311 e. The normalized spacial score (nSPS) is 30.6. The third-order valence-electron chi connectivity index (χ3n) is 8.46. The summed E-state index contributed by atoms with van der Waals surface area (Å²) >= 11 is 11.9. The summed E-state index contributed by atoms with van der Waals surface area (Å²) in [7, 11) is 0. The third-order valence-corrected chi connectivity index (χ3v) is 12.0. The molecule has 1 N–H and O–H groups in total. The number of para-hydroxylation sites is 1. The molecule has 3 heterocycles. The van der Waals surface area contributed by atoms with E-state index in [2.05, 4.69) is 29.1 Å². The van der Waals surface area contributed by atoms with Crippen molar-refractivity contribution < 1.29 is 24.2 Å². The van der Waals surface area contributed by atoms with Crippen molar-refractivity contribution in [3.05, 3.63) is 54.1 Å². The summed E-state index contributed by atoms with van der Waals surface area (Å²) in [6.45, 7) is 13.3. The highest BCUT2D eigenvalue weighted by molar-refractivity contribution is 9.09. The number of carbonyl (C=O) groups excluding carboxylic acids is 3. The van der Waals surface area contributed by atoms with Crippen LogP contribution in [0.1, 0.15) is 32.3 Å². The van der Waals surface area contributed by atoms with E-state index in [1.165, 1.54) is 17.8 Å². The zero-order valence-corrected chi connectivity index (χ0v) is 25.7. The number of likely N-dealkylation sites (tertiary alicyclic amines) is 1. The topological polar surface area (TPSA) is 87.2 Å². The Kier molecular flexibility index (Phi) is 9.25. The molecular weight excluding hydrogens is 604 g/mol.